The van der Waals surface area contributed by atoms with Crippen molar-refractivity contribution in [2.75, 3.05) is 0 Å². The van der Waals surface area contributed by atoms with Crippen LogP contribution < -0.4 is 0 Å². The number of halogens is 4. The molecule has 5 rings (SSSR count). The van der Waals surface area contributed by atoms with Crippen LogP contribution in [0.25, 0.3) is 0 Å². The van der Waals surface area contributed by atoms with Crippen LogP contribution in [0.5, 0.6) is 0 Å². The Labute approximate surface area is 223 Å². The first-order valence-electron chi connectivity index (χ1n) is 13.9. The first kappa shape index (κ1) is 27.6. The molecule has 1 spiro atoms. The Morgan fingerprint density at radius 1 is 1.05 bits per heavy atom. The molecule has 0 amide bonds. The maximum absolute atomic E-state index is 15.1. The molecule has 1 aliphatic heterocycles. The fourth-order valence-corrected chi connectivity index (χ4v) is 6.88. The van der Waals surface area contributed by atoms with E-state index < -0.39 is 35.2 Å². The van der Waals surface area contributed by atoms with Crippen molar-refractivity contribution in [3.05, 3.63) is 63.5 Å². The summed E-state index contributed by atoms with van der Waals surface area (Å²) in [5.74, 6) is 0.0443. The molecule has 0 saturated heterocycles. The van der Waals surface area contributed by atoms with E-state index in [-0.39, 0.29) is 11.3 Å². The van der Waals surface area contributed by atoms with Gasteiger partial charge in [0.25, 0.3) is 0 Å². The summed E-state index contributed by atoms with van der Waals surface area (Å²) in [4.78, 5) is 5.13. The number of aliphatic hydroxyl groups excluding tert-OH is 1. The summed E-state index contributed by atoms with van der Waals surface area (Å²) < 4.78 is 62.7. The molecule has 2 heterocycles. The molecule has 1 aromatic heterocycles. The zero-order valence-corrected chi connectivity index (χ0v) is 23.0. The molecular weight excluding hydrogens is 494 g/mol. The van der Waals surface area contributed by atoms with Crippen LogP contribution in [-0.2, 0) is 16.8 Å². The molecule has 38 heavy (non-hydrogen) atoms. The number of alkyl halides is 4. The van der Waals surface area contributed by atoms with Gasteiger partial charge >= 0.3 is 6.18 Å². The van der Waals surface area contributed by atoms with Gasteiger partial charge in [-0.3, -0.25) is 4.98 Å². The average molecular weight is 534 g/mol. The van der Waals surface area contributed by atoms with Crippen molar-refractivity contribution in [3.63, 3.8) is 0 Å². The van der Waals surface area contributed by atoms with Gasteiger partial charge in [-0.05, 0) is 86.8 Å². The van der Waals surface area contributed by atoms with Crippen LogP contribution in [0.3, 0.4) is 0 Å². The zero-order chi connectivity index (χ0) is 27.7. The summed E-state index contributed by atoms with van der Waals surface area (Å²) in [6, 6.07) is 0. The molecule has 3 nitrogen and oxygen atoms in total. The smallest absolute Gasteiger partial charge is 0.388 e. The third-order valence-corrected chi connectivity index (χ3v) is 8.85. The Balaban J connectivity index is 1.73. The first-order chi connectivity index (χ1) is 17.6. The molecule has 3 aliphatic carbocycles. The normalized spacial score (nSPS) is 32.9. The van der Waals surface area contributed by atoms with Gasteiger partial charge in [0.1, 0.15) is 11.8 Å². The highest BCUT2D eigenvalue weighted by Gasteiger charge is 2.54. The quantitative estimate of drug-likeness (QED) is 0.387. The van der Waals surface area contributed by atoms with Gasteiger partial charge in [-0.2, -0.15) is 13.2 Å². The standard InChI is InChI=1S/C31H39F4NO2/c1-18(2)26-24-25(23-21(36-26)16-28(3,4)17-22(23)37)30(14-12-29(5,32)13-15-30)38-27(24)19-8-6-7-9-20(11-10-19)31(33,34)35/h7,9-11,18,22,27,37H,6,8,12-17H2,1-5H3. The highest BCUT2D eigenvalue weighted by Crippen LogP contribution is 2.60. The number of aromatic nitrogens is 1. The Morgan fingerprint density at radius 2 is 1.74 bits per heavy atom. The van der Waals surface area contributed by atoms with Crippen molar-refractivity contribution in [1.82, 2.24) is 4.98 Å². The predicted octanol–water partition coefficient (Wildman–Crippen LogP) is 8.54. The van der Waals surface area contributed by atoms with E-state index >= 15 is 4.39 Å². The monoisotopic (exact) mass is 533 g/mol. The molecule has 0 aromatic carbocycles. The Morgan fingerprint density at radius 3 is 2.37 bits per heavy atom. The number of hydrogen-bond acceptors (Lipinski definition) is 3. The molecule has 4 aliphatic rings. The van der Waals surface area contributed by atoms with Crippen LogP contribution in [0.1, 0.15) is 126 Å². The molecule has 208 valence electrons. The summed E-state index contributed by atoms with van der Waals surface area (Å²) in [7, 11) is 0. The molecule has 1 fully saturated rings. The second-order valence-electron chi connectivity index (χ2n) is 13.1. The number of hydrogen-bond donors (Lipinski definition) is 1. The second-order valence-corrected chi connectivity index (χ2v) is 13.1. The van der Waals surface area contributed by atoms with Crippen molar-refractivity contribution in [2.45, 2.75) is 122 Å². The molecule has 1 N–H and O–H groups in total. The summed E-state index contributed by atoms with van der Waals surface area (Å²) >= 11 is 0. The van der Waals surface area contributed by atoms with Crippen LogP contribution in [0.4, 0.5) is 17.6 Å². The third-order valence-electron chi connectivity index (χ3n) is 8.85. The van der Waals surface area contributed by atoms with Gasteiger partial charge in [0.05, 0.1) is 17.3 Å². The van der Waals surface area contributed by atoms with Crippen molar-refractivity contribution >= 4 is 0 Å². The van der Waals surface area contributed by atoms with Crippen molar-refractivity contribution in [2.24, 2.45) is 5.41 Å². The summed E-state index contributed by atoms with van der Waals surface area (Å²) in [5.41, 5.74) is 2.25. The lowest BCUT2D eigenvalue weighted by atomic mass is 9.67. The summed E-state index contributed by atoms with van der Waals surface area (Å²) in [5, 5.41) is 11.5. The van der Waals surface area contributed by atoms with E-state index in [9.17, 15) is 18.3 Å². The molecular formula is C31H39F4NO2. The van der Waals surface area contributed by atoms with Gasteiger partial charge in [-0.25, -0.2) is 4.39 Å². The highest BCUT2D eigenvalue weighted by atomic mass is 19.4. The maximum Gasteiger partial charge on any atom is 0.416 e. The lowest BCUT2D eigenvalue weighted by Gasteiger charge is -2.42. The SMILES string of the molecule is CC(C)c1nc2c(c3c1C(C1=CC=C(C(F)(F)F)C=CCC1)OC31CCC(C)(F)CC1)C(O)CC(C)(C)C2. The fourth-order valence-electron chi connectivity index (χ4n) is 6.88. The minimum Gasteiger partial charge on any atom is -0.388 e. The Kier molecular flexibility index (Phi) is 6.74. The van der Waals surface area contributed by atoms with Crippen molar-refractivity contribution in [3.8, 4) is 0 Å². The number of pyridine rings is 1. The number of allylic oxidation sites excluding steroid dienone is 5. The molecule has 7 heteroatoms. The average Bonchev–Trinajstić information content (AvgIpc) is 3.08. The molecule has 2 atom stereocenters. The number of ether oxygens (including phenoxy) is 1. The minimum absolute atomic E-state index is 0.0443. The van der Waals surface area contributed by atoms with E-state index in [2.05, 4.69) is 27.7 Å². The lowest BCUT2D eigenvalue weighted by Crippen LogP contribution is -2.39. The first-order valence-corrected chi connectivity index (χ1v) is 13.9. The molecule has 1 saturated carbocycles. The minimum atomic E-state index is -4.44. The van der Waals surface area contributed by atoms with Crippen LogP contribution in [0.15, 0.2) is 35.5 Å². The zero-order valence-electron chi connectivity index (χ0n) is 23.0. The predicted molar refractivity (Wildman–Crippen MR) is 139 cm³/mol. The fraction of sp³-hybridized carbons (Fsp3) is 0.645. The van der Waals surface area contributed by atoms with Crippen LogP contribution in [0, 0.1) is 5.41 Å². The van der Waals surface area contributed by atoms with Crippen molar-refractivity contribution in [1.29, 1.82) is 0 Å². The van der Waals surface area contributed by atoms with Crippen LogP contribution in [-0.4, -0.2) is 21.9 Å². The van der Waals surface area contributed by atoms with Gasteiger partial charge in [0, 0.05) is 22.5 Å². The molecule has 1 aromatic rings. The van der Waals surface area contributed by atoms with Crippen molar-refractivity contribution < 1.29 is 27.4 Å². The number of fused-ring (bicyclic) bond motifs is 4. The third kappa shape index (κ3) is 4.90. The molecule has 2 unspecified atom stereocenters. The van der Waals surface area contributed by atoms with E-state index in [1.54, 1.807) is 19.1 Å². The topological polar surface area (TPSA) is 42.4 Å². The molecule has 0 radical (unpaired) electrons. The number of rotatable bonds is 2. The number of nitrogens with zero attached hydrogens (tertiary/aromatic N) is 1. The van der Waals surface area contributed by atoms with E-state index in [4.69, 9.17) is 9.72 Å². The second kappa shape index (κ2) is 9.29. The van der Waals surface area contributed by atoms with Crippen LogP contribution >= 0.6 is 0 Å². The summed E-state index contributed by atoms with van der Waals surface area (Å²) in [6.07, 6.45) is 3.54. The van der Waals surface area contributed by atoms with E-state index in [0.717, 1.165) is 52.2 Å². The van der Waals surface area contributed by atoms with Gasteiger partial charge in [0.2, 0.25) is 0 Å². The van der Waals surface area contributed by atoms with Crippen LogP contribution in [0.2, 0.25) is 0 Å². The summed E-state index contributed by atoms with van der Waals surface area (Å²) in [6.45, 7) is 10.0. The lowest BCUT2D eigenvalue weighted by molar-refractivity contribution is -0.109. The molecule has 0 bridgehead atoms. The van der Waals surface area contributed by atoms with E-state index in [1.165, 1.54) is 0 Å². The highest BCUT2D eigenvalue weighted by molar-refractivity contribution is 5.54. The van der Waals surface area contributed by atoms with Gasteiger partial charge in [-0.15, -0.1) is 0 Å². The number of aliphatic hydroxyl groups is 1. The largest absolute Gasteiger partial charge is 0.416 e. The van der Waals surface area contributed by atoms with Gasteiger partial charge < -0.3 is 9.84 Å². The van der Waals surface area contributed by atoms with E-state index in [0.29, 0.717) is 44.9 Å². The Hall–Kier alpha value is -1.99. The van der Waals surface area contributed by atoms with E-state index in [1.807, 2.05) is 0 Å². The van der Waals surface area contributed by atoms with Gasteiger partial charge in [0.15, 0.2) is 0 Å². The Bertz CT molecular complexity index is 1200. The maximum atomic E-state index is 15.1. The van der Waals surface area contributed by atoms with Gasteiger partial charge in [-0.1, -0.05) is 45.9 Å².